The van der Waals surface area contributed by atoms with Crippen molar-refractivity contribution in [2.45, 2.75) is 268 Å². The molecule has 0 aromatic heterocycles. The highest BCUT2D eigenvalue weighted by atomic mass is 32.2. The van der Waals surface area contributed by atoms with Gasteiger partial charge in [-0.2, -0.15) is 13.2 Å². The highest BCUT2D eigenvalue weighted by molar-refractivity contribution is 7.86. The number of rotatable bonds is 38. The molecule has 2 unspecified atom stereocenters. The summed E-state index contributed by atoms with van der Waals surface area (Å²) in [5, 5.41) is 0. The first-order chi connectivity index (χ1) is 38.1. The molecule has 17 heteroatoms. The van der Waals surface area contributed by atoms with Crippen LogP contribution in [0.2, 0.25) is 0 Å². The number of nitrogens with zero attached hydrogens (tertiary/aromatic N) is 1. The molecule has 0 N–H and O–H groups in total. The normalized spacial score (nSPS) is 17.7. The van der Waals surface area contributed by atoms with Gasteiger partial charge in [0.2, 0.25) is 0 Å². The van der Waals surface area contributed by atoms with Gasteiger partial charge < -0.3 is 32.7 Å². The lowest BCUT2D eigenvalue weighted by molar-refractivity contribution is -0.956. The highest BCUT2D eigenvalue weighted by Crippen LogP contribution is 2.47. The molecule has 79 heavy (non-hydrogen) atoms. The molecule has 0 aliphatic carbocycles. The Balaban J connectivity index is 0.00000155. The molecule has 3 aliphatic rings. The molecule has 2 bridgehead atoms. The van der Waals surface area contributed by atoms with Gasteiger partial charge in [0.1, 0.15) is 19.3 Å². The summed E-state index contributed by atoms with van der Waals surface area (Å²) >= 11 is 0. The van der Waals surface area contributed by atoms with Crippen LogP contribution in [0.3, 0.4) is 0 Å². The molecule has 2 atom stereocenters. The molecule has 3 aliphatic heterocycles. The van der Waals surface area contributed by atoms with E-state index in [1.807, 2.05) is 12.1 Å². The van der Waals surface area contributed by atoms with Gasteiger partial charge in [0.25, 0.3) is 5.60 Å². The molecule has 0 saturated carbocycles. The van der Waals surface area contributed by atoms with E-state index >= 15 is 0 Å². The van der Waals surface area contributed by atoms with Crippen LogP contribution in [0.1, 0.15) is 243 Å². The third-order valence-electron chi connectivity index (χ3n) is 16.3. The van der Waals surface area contributed by atoms with Crippen molar-refractivity contribution in [3.05, 3.63) is 71.8 Å². The summed E-state index contributed by atoms with van der Waals surface area (Å²) in [4.78, 5) is 55.4. The Bertz CT molecular complexity index is 2020. The van der Waals surface area contributed by atoms with Crippen molar-refractivity contribution in [1.29, 1.82) is 0 Å². The lowest BCUT2D eigenvalue weighted by Gasteiger charge is -2.47. The van der Waals surface area contributed by atoms with E-state index in [9.17, 15) is 32.3 Å². The average Bonchev–Trinajstić information content (AvgIpc) is 4.11. The second kappa shape index (κ2) is 37.0. The Morgan fingerprint density at radius 2 is 0.911 bits per heavy atom. The number of esters is 3. The summed E-state index contributed by atoms with van der Waals surface area (Å²) in [5.74, 6) is -1.49. The molecule has 0 radical (unpaired) electrons. The number of halogens is 3. The van der Waals surface area contributed by atoms with Gasteiger partial charge in [0.15, 0.2) is 16.2 Å². The van der Waals surface area contributed by atoms with E-state index in [1.54, 1.807) is 48.5 Å². The fraction of sp³-hybridized carbons (Fsp3) is 0.742. The van der Waals surface area contributed by atoms with Crippen molar-refractivity contribution < 1.29 is 73.5 Å². The van der Waals surface area contributed by atoms with Crippen LogP contribution in [0.4, 0.5) is 18.0 Å². The first-order valence-corrected chi connectivity index (χ1v) is 31.9. The molecule has 448 valence electrons. The molecule has 5 rings (SSSR count). The van der Waals surface area contributed by atoms with E-state index in [0.717, 1.165) is 68.7 Å². The van der Waals surface area contributed by atoms with Crippen LogP contribution in [0, 0.1) is 0 Å². The zero-order valence-electron chi connectivity index (χ0n) is 47.8. The van der Waals surface area contributed by atoms with Crippen LogP contribution in [-0.2, 0) is 53.8 Å². The van der Waals surface area contributed by atoms with Crippen molar-refractivity contribution in [1.82, 2.24) is 0 Å². The van der Waals surface area contributed by atoms with Crippen LogP contribution in [0.25, 0.3) is 0 Å². The molecule has 1 spiro atoms. The quantitative estimate of drug-likeness (QED) is 0.0156. The smallest absolute Gasteiger partial charge is 0.510 e. The Kier molecular flexibility index (Phi) is 31.5. The fourth-order valence-corrected chi connectivity index (χ4v) is 11.9. The largest absolute Gasteiger partial charge is 0.741 e. The minimum absolute atomic E-state index is 0.244. The molecular weight excluding hydrogens is 1040 g/mol. The number of piperidine rings is 1. The summed E-state index contributed by atoms with van der Waals surface area (Å²) in [6, 6.07) is 18.8. The van der Waals surface area contributed by atoms with Crippen molar-refractivity contribution >= 4 is 34.2 Å². The third-order valence-corrected chi connectivity index (χ3v) is 16.9. The first-order valence-electron chi connectivity index (χ1n) is 30.5. The van der Waals surface area contributed by atoms with Crippen molar-refractivity contribution in [2.24, 2.45) is 0 Å². The Morgan fingerprint density at radius 1 is 0.570 bits per heavy atom. The maximum absolute atomic E-state index is 15.0. The number of carbonyl (C=O) groups excluding carboxylic acids is 4. The average molecular weight is 1140 g/mol. The minimum Gasteiger partial charge on any atom is -0.741 e. The predicted octanol–water partition coefficient (Wildman–Crippen LogP) is 15.4. The predicted molar refractivity (Wildman–Crippen MR) is 298 cm³/mol. The van der Waals surface area contributed by atoms with Gasteiger partial charge in [-0.25, -0.2) is 18.0 Å². The van der Waals surface area contributed by atoms with Gasteiger partial charge in [-0.3, -0.25) is 9.59 Å². The number of hydrogen-bond acceptors (Lipinski definition) is 12. The third kappa shape index (κ3) is 24.0. The Hall–Kier alpha value is -4.22. The summed E-state index contributed by atoms with van der Waals surface area (Å²) in [6.45, 7) is 6.27. The maximum atomic E-state index is 15.0. The minimum atomic E-state index is -6.09. The van der Waals surface area contributed by atoms with E-state index in [-0.39, 0.29) is 32.2 Å². The molecule has 3 saturated heterocycles. The van der Waals surface area contributed by atoms with Crippen LogP contribution in [0.5, 0.6) is 0 Å². The van der Waals surface area contributed by atoms with E-state index in [0.29, 0.717) is 36.1 Å². The number of quaternary nitrogens is 1. The zero-order valence-corrected chi connectivity index (χ0v) is 48.7. The second-order valence-corrected chi connectivity index (χ2v) is 23.8. The number of benzene rings is 2. The lowest BCUT2D eigenvalue weighted by atomic mass is 9.85. The summed E-state index contributed by atoms with van der Waals surface area (Å²) < 4.78 is 90.1. The number of ether oxygens (including phenoxy) is 5. The number of unbranched alkanes of at least 4 members (excludes halogenated alkanes) is 24. The van der Waals surface area contributed by atoms with E-state index in [4.69, 9.17) is 36.7 Å². The first kappa shape index (κ1) is 67.3. The van der Waals surface area contributed by atoms with E-state index < -0.39 is 51.4 Å². The molecule has 0 amide bonds. The highest BCUT2D eigenvalue weighted by Gasteiger charge is 2.57. The second-order valence-electron chi connectivity index (χ2n) is 22.4. The molecule has 3 fully saturated rings. The number of carbonyl (C=O) groups is 4. The standard InChI is InChI=1S/C61H96NO9.CHF3O3S/c1-3-5-7-9-11-13-15-17-19-21-23-25-33-41-57(63)67-49-56(50-68-58(64)42-34-26-24-22-20-18-16-14-12-10-8-6-4-2)70-60(66)71-61(51-37-29-27-30-38-51,52-39-31-28-32-40-52)59(65)69-55-47-53-43-44-54(48-55)62(53)45-35-36-46-62;2-1(3,4)8(5,6)7/h27-32,37-40,53-56H,3-26,33-36,41-50H2,1-2H3;(H,5,6,7)/q+1;/p-1. The number of hydrogen-bond donors (Lipinski definition) is 0. The van der Waals surface area contributed by atoms with Gasteiger partial charge >= 0.3 is 29.6 Å². The molecular formula is C62H96F3NO12S. The van der Waals surface area contributed by atoms with Gasteiger partial charge in [-0.05, 0) is 12.8 Å². The summed E-state index contributed by atoms with van der Waals surface area (Å²) in [7, 11) is -6.09. The van der Waals surface area contributed by atoms with Gasteiger partial charge in [0, 0.05) is 62.5 Å². The molecule has 3 heterocycles. The molecule has 13 nitrogen and oxygen atoms in total. The van der Waals surface area contributed by atoms with Gasteiger partial charge in [-0.1, -0.05) is 229 Å². The summed E-state index contributed by atoms with van der Waals surface area (Å²) in [5.41, 5.74) is -6.82. The molecule has 2 aromatic carbocycles. The van der Waals surface area contributed by atoms with E-state index in [1.165, 1.54) is 142 Å². The van der Waals surface area contributed by atoms with Crippen LogP contribution >= 0.6 is 0 Å². The van der Waals surface area contributed by atoms with E-state index in [2.05, 4.69) is 13.8 Å². The fourth-order valence-electron chi connectivity index (χ4n) is 11.9. The van der Waals surface area contributed by atoms with Crippen molar-refractivity contribution in [2.75, 3.05) is 26.3 Å². The van der Waals surface area contributed by atoms with Crippen molar-refractivity contribution in [3.8, 4) is 0 Å². The zero-order chi connectivity index (χ0) is 57.3. The van der Waals surface area contributed by atoms with Crippen LogP contribution in [0.15, 0.2) is 60.7 Å². The Morgan fingerprint density at radius 3 is 1.25 bits per heavy atom. The van der Waals surface area contributed by atoms with Crippen LogP contribution in [-0.4, -0.2) is 97.6 Å². The maximum Gasteiger partial charge on any atom is 0.510 e. The van der Waals surface area contributed by atoms with Gasteiger partial charge in [-0.15, -0.1) is 0 Å². The monoisotopic (exact) mass is 1140 g/mol. The Labute approximate surface area is 471 Å². The van der Waals surface area contributed by atoms with Crippen LogP contribution < -0.4 is 0 Å². The number of alkyl halides is 3. The SMILES string of the molecule is CCCCCCCCCCCCCCCC(=O)OCC(COC(=O)CCCCCCCCCCCCCCC)OC(=O)OC(C(=O)OC1CC2CCC(C1)[N+]21CCCC1)(c1ccccc1)c1ccccc1.O=S(=O)([O-])C(F)(F)F. The molecule has 2 aromatic rings. The summed E-state index contributed by atoms with van der Waals surface area (Å²) in [6.07, 6.45) is 35.5. The van der Waals surface area contributed by atoms with Crippen molar-refractivity contribution in [3.63, 3.8) is 0 Å². The van der Waals surface area contributed by atoms with Gasteiger partial charge in [0.05, 0.1) is 25.2 Å². The lowest BCUT2D eigenvalue weighted by Crippen LogP contribution is -2.60. The topological polar surface area (TPSA) is 172 Å².